The third kappa shape index (κ3) is 3.11. The molecular formula is C10H21NO. The van der Waals surface area contributed by atoms with Crippen molar-refractivity contribution in [2.45, 2.75) is 32.6 Å². The lowest BCUT2D eigenvalue weighted by Gasteiger charge is -2.20. The summed E-state index contributed by atoms with van der Waals surface area (Å²) in [6.07, 6.45) is 4.92. The smallest absolute Gasteiger partial charge is 0.0433 e. The Labute approximate surface area is 75.4 Å². The van der Waals surface area contributed by atoms with Crippen LogP contribution in [0.3, 0.4) is 0 Å². The molecule has 1 aliphatic heterocycles. The number of hydrogen-bond acceptors (Lipinski definition) is 2. The fraction of sp³-hybridized carbons (Fsp3) is 1.00. The molecule has 1 saturated heterocycles. The van der Waals surface area contributed by atoms with Gasteiger partial charge in [-0.1, -0.05) is 6.92 Å². The van der Waals surface area contributed by atoms with Gasteiger partial charge in [0.25, 0.3) is 0 Å². The van der Waals surface area contributed by atoms with Crippen LogP contribution in [0.25, 0.3) is 0 Å². The van der Waals surface area contributed by atoms with E-state index in [1.807, 2.05) is 0 Å². The fourth-order valence-electron chi connectivity index (χ4n) is 2.05. The Kier molecular flexibility index (Phi) is 4.62. The highest BCUT2D eigenvalue weighted by Gasteiger charge is 2.17. The lowest BCUT2D eigenvalue weighted by atomic mass is 9.86. The van der Waals surface area contributed by atoms with Crippen molar-refractivity contribution in [2.75, 3.05) is 19.7 Å². The Balaban J connectivity index is 2.27. The Hall–Kier alpha value is -0.0800. The predicted octanol–water partition coefficient (Wildman–Crippen LogP) is 1.39. The van der Waals surface area contributed by atoms with Crippen molar-refractivity contribution in [1.82, 2.24) is 5.32 Å². The van der Waals surface area contributed by atoms with Gasteiger partial charge < -0.3 is 10.4 Å². The maximum atomic E-state index is 8.82. The molecule has 0 aromatic rings. The summed E-state index contributed by atoms with van der Waals surface area (Å²) in [5, 5.41) is 12.2. The predicted molar refractivity (Wildman–Crippen MR) is 51.1 cm³/mol. The standard InChI is InChI=1S/C10H21NO/c1-9(5-8-12)10-3-2-6-11-7-4-10/h9-12H,2-8H2,1H3. The van der Waals surface area contributed by atoms with E-state index in [0.717, 1.165) is 12.3 Å². The van der Waals surface area contributed by atoms with Crippen LogP contribution in [0.1, 0.15) is 32.6 Å². The summed E-state index contributed by atoms with van der Waals surface area (Å²) in [6, 6.07) is 0. The summed E-state index contributed by atoms with van der Waals surface area (Å²) in [5.74, 6) is 1.54. The van der Waals surface area contributed by atoms with Gasteiger partial charge in [0.2, 0.25) is 0 Å². The third-order valence-corrected chi connectivity index (χ3v) is 3.01. The highest BCUT2D eigenvalue weighted by atomic mass is 16.3. The molecule has 1 fully saturated rings. The topological polar surface area (TPSA) is 32.3 Å². The summed E-state index contributed by atoms with van der Waals surface area (Å²) in [4.78, 5) is 0. The van der Waals surface area contributed by atoms with E-state index in [9.17, 15) is 0 Å². The molecule has 2 unspecified atom stereocenters. The molecule has 0 aromatic heterocycles. The number of aliphatic hydroxyl groups excluding tert-OH is 1. The molecule has 0 aromatic carbocycles. The van der Waals surface area contributed by atoms with Crippen molar-refractivity contribution in [3.63, 3.8) is 0 Å². The molecule has 72 valence electrons. The summed E-state index contributed by atoms with van der Waals surface area (Å²) in [5.41, 5.74) is 0. The molecule has 2 N–H and O–H groups in total. The SMILES string of the molecule is CC(CCO)C1CCCNCC1. The van der Waals surface area contributed by atoms with Gasteiger partial charge in [-0.3, -0.25) is 0 Å². The van der Waals surface area contributed by atoms with Crippen molar-refractivity contribution in [3.8, 4) is 0 Å². The van der Waals surface area contributed by atoms with Crippen LogP contribution in [-0.2, 0) is 0 Å². The van der Waals surface area contributed by atoms with E-state index in [-0.39, 0.29) is 0 Å². The molecule has 1 heterocycles. The van der Waals surface area contributed by atoms with E-state index in [4.69, 9.17) is 5.11 Å². The first-order valence-electron chi connectivity index (χ1n) is 5.16. The Morgan fingerprint density at radius 1 is 1.42 bits per heavy atom. The van der Waals surface area contributed by atoms with Gasteiger partial charge in [-0.25, -0.2) is 0 Å². The van der Waals surface area contributed by atoms with Gasteiger partial charge in [0, 0.05) is 6.61 Å². The molecule has 1 aliphatic rings. The minimum absolute atomic E-state index is 0.352. The normalized spacial score (nSPS) is 28.0. The fourth-order valence-corrected chi connectivity index (χ4v) is 2.05. The number of hydrogen-bond donors (Lipinski definition) is 2. The van der Waals surface area contributed by atoms with Crippen molar-refractivity contribution in [3.05, 3.63) is 0 Å². The summed E-state index contributed by atoms with van der Waals surface area (Å²) in [6.45, 7) is 4.97. The van der Waals surface area contributed by atoms with E-state index in [2.05, 4.69) is 12.2 Å². The van der Waals surface area contributed by atoms with Crippen molar-refractivity contribution >= 4 is 0 Å². The van der Waals surface area contributed by atoms with Gasteiger partial charge in [0.1, 0.15) is 0 Å². The van der Waals surface area contributed by atoms with Crippen LogP contribution in [0.5, 0.6) is 0 Å². The first kappa shape index (κ1) is 10.0. The average molecular weight is 171 g/mol. The summed E-state index contributed by atoms with van der Waals surface area (Å²) in [7, 11) is 0. The van der Waals surface area contributed by atoms with Crippen molar-refractivity contribution in [2.24, 2.45) is 11.8 Å². The first-order chi connectivity index (χ1) is 5.84. The Bertz CT molecular complexity index is 108. The van der Waals surface area contributed by atoms with Crippen LogP contribution in [0.2, 0.25) is 0 Å². The lowest BCUT2D eigenvalue weighted by molar-refractivity contribution is 0.220. The molecule has 2 atom stereocenters. The molecule has 0 radical (unpaired) electrons. The minimum atomic E-state index is 0.352. The minimum Gasteiger partial charge on any atom is -0.396 e. The highest BCUT2D eigenvalue weighted by Crippen LogP contribution is 2.24. The van der Waals surface area contributed by atoms with Crippen LogP contribution in [-0.4, -0.2) is 24.8 Å². The lowest BCUT2D eigenvalue weighted by Crippen LogP contribution is -2.17. The molecule has 1 rings (SSSR count). The van der Waals surface area contributed by atoms with Crippen LogP contribution in [0.15, 0.2) is 0 Å². The Morgan fingerprint density at radius 2 is 2.25 bits per heavy atom. The molecule has 2 heteroatoms. The maximum absolute atomic E-state index is 8.82. The van der Waals surface area contributed by atoms with Crippen LogP contribution >= 0.6 is 0 Å². The van der Waals surface area contributed by atoms with E-state index in [1.165, 1.54) is 32.4 Å². The molecule has 0 spiro atoms. The van der Waals surface area contributed by atoms with Crippen molar-refractivity contribution < 1.29 is 5.11 Å². The average Bonchev–Trinajstić information content (AvgIpc) is 2.32. The van der Waals surface area contributed by atoms with Gasteiger partial charge in [0.15, 0.2) is 0 Å². The second-order valence-electron chi connectivity index (χ2n) is 3.93. The van der Waals surface area contributed by atoms with Gasteiger partial charge in [-0.15, -0.1) is 0 Å². The zero-order chi connectivity index (χ0) is 8.81. The highest BCUT2D eigenvalue weighted by molar-refractivity contribution is 4.71. The van der Waals surface area contributed by atoms with E-state index in [1.54, 1.807) is 0 Å². The molecule has 0 aliphatic carbocycles. The maximum Gasteiger partial charge on any atom is 0.0433 e. The van der Waals surface area contributed by atoms with Gasteiger partial charge in [-0.2, -0.15) is 0 Å². The molecule has 0 amide bonds. The molecule has 12 heavy (non-hydrogen) atoms. The first-order valence-corrected chi connectivity index (χ1v) is 5.16. The number of nitrogens with one attached hydrogen (secondary N) is 1. The monoisotopic (exact) mass is 171 g/mol. The van der Waals surface area contributed by atoms with Gasteiger partial charge in [0.05, 0.1) is 0 Å². The van der Waals surface area contributed by atoms with Gasteiger partial charge >= 0.3 is 0 Å². The zero-order valence-corrected chi connectivity index (χ0v) is 8.05. The molecule has 0 bridgehead atoms. The zero-order valence-electron chi connectivity index (χ0n) is 8.05. The molecule has 2 nitrogen and oxygen atoms in total. The third-order valence-electron chi connectivity index (χ3n) is 3.01. The second kappa shape index (κ2) is 5.55. The van der Waals surface area contributed by atoms with E-state index in [0.29, 0.717) is 12.5 Å². The van der Waals surface area contributed by atoms with E-state index < -0.39 is 0 Å². The summed E-state index contributed by atoms with van der Waals surface area (Å²) < 4.78 is 0. The van der Waals surface area contributed by atoms with E-state index >= 15 is 0 Å². The summed E-state index contributed by atoms with van der Waals surface area (Å²) >= 11 is 0. The van der Waals surface area contributed by atoms with Gasteiger partial charge in [-0.05, 0) is 50.6 Å². The second-order valence-corrected chi connectivity index (χ2v) is 3.93. The Morgan fingerprint density at radius 3 is 3.00 bits per heavy atom. The van der Waals surface area contributed by atoms with Crippen LogP contribution in [0.4, 0.5) is 0 Å². The number of aliphatic hydroxyl groups is 1. The quantitative estimate of drug-likeness (QED) is 0.672. The van der Waals surface area contributed by atoms with Crippen LogP contribution < -0.4 is 5.32 Å². The largest absolute Gasteiger partial charge is 0.396 e. The molecule has 0 saturated carbocycles. The number of rotatable bonds is 3. The molecular weight excluding hydrogens is 150 g/mol. The van der Waals surface area contributed by atoms with Crippen molar-refractivity contribution in [1.29, 1.82) is 0 Å². The van der Waals surface area contributed by atoms with Crippen LogP contribution in [0, 0.1) is 11.8 Å².